The lowest BCUT2D eigenvalue weighted by Crippen LogP contribution is -2.12. The summed E-state index contributed by atoms with van der Waals surface area (Å²) in [7, 11) is 1.90. The molecule has 0 N–H and O–H groups in total. The Bertz CT molecular complexity index is 611. The summed E-state index contributed by atoms with van der Waals surface area (Å²) in [5.41, 5.74) is 1.35. The van der Waals surface area contributed by atoms with Crippen LogP contribution in [0.5, 0.6) is 0 Å². The second kappa shape index (κ2) is 4.23. The largest absolute Gasteiger partial charge is 0.327 e. The molecule has 17 heavy (non-hydrogen) atoms. The maximum atomic E-state index is 12.0. The van der Waals surface area contributed by atoms with Gasteiger partial charge in [-0.3, -0.25) is 4.79 Å². The minimum Gasteiger partial charge on any atom is -0.327 e. The molecule has 0 atom stereocenters. The molecule has 5 heteroatoms. The van der Waals surface area contributed by atoms with Gasteiger partial charge in [0.05, 0.1) is 4.88 Å². The molecule has 0 fully saturated rings. The third kappa shape index (κ3) is 2.00. The smallest absolute Gasteiger partial charge is 0.289 e. The normalized spacial score (nSPS) is 15.2. The van der Waals surface area contributed by atoms with Crippen LogP contribution in [0.3, 0.4) is 0 Å². The van der Waals surface area contributed by atoms with E-state index in [2.05, 4.69) is 4.99 Å². The third-order valence-corrected chi connectivity index (χ3v) is 4.99. The highest BCUT2D eigenvalue weighted by Gasteiger charge is 2.18. The number of nitrogens with zero attached hydrogens (tertiary/aromatic N) is 2. The van der Waals surface area contributed by atoms with Crippen molar-refractivity contribution in [3.63, 3.8) is 0 Å². The van der Waals surface area contributed by atoms with E-state index in [0.29, 0.717) is 0 Å². The van der Waals surface area contributed by atoms with Crippen molar-refractivity contribution in [1.29, 1.82) is 0 Å². The first-order chi connectivity index (χ1) is 8.24. The molecule has 0 saturated heterocycles. The summed E-state index contributed by atoms with van der Waals surface area (Å²) in [5.74, 6) is -0.109. The molecule has 0 radical (unpaired) electrons. The zero-order chi connectivity index (χ0) is 11.8. The number of rotatable bonds is 1. The maximum Gasteiger partial charge on any atom is 0.289 e. The van der Waals surface area contributed by atoms with E-state index < -0.39 is 0 Å². The van der Waals surface area contributed by atoms with Gasteiger partial charge in [-0.1, -0.05) is 0 Å². The topological polar surface area (TPSA) is 34.4 Å². The van der Waals surface area contributed by atoms with Crippen LogP contribution in [0.25, 0.3) is 0 Å². The quantitative estimate of drug-likeness (QED) is 0.778. The van der Waals surface area contributed by atoms with Crippen molar-refractivity contribution in [2.45, 2.75) is 19.3 Å². The summed E-state index contributed by atoms with van der Waals surface area (Å²) in [4.78, 5) is 19.1. The van der Waals surface area contributed by atoms with Crippen LogP contribution in [0.2, 0.25) is 0 Å². The van der Waals surface area contributed by atoms with E-state index in [-0.39, 0.29) is 5.91 Å². The van der Waals surface area contributed by atoms with Gasteiger partial charge < -0.3 is 4.57 Å². The first-order valence-corrected chi connectivity index (χ1v) is 7.24. The molecule has 2 aromatic rings. The van der Waals surface area contributed by atoms with Crippen LogP contribution in [0.15, 0.2) is 22.6 Å². The van der Waals surface area contributed by atoms with Crippen molar-refractivity contribution in [1.82, 2.24) is 4.57 Å². The van der Waals surface area contributed by atoms with Crippen LogP contribution in [0.1, 0.15) is 26.5 Å². The SMILES string of the molecule is Cn1ccsc1=NC(=O)c1cc2c(s1)CCC2. The van der Waals surface area contributed by atoms with Gasteiger partial charge in [-0.25, -0.2) is 0 Å². The second-order valence-electron chi connectivity index (χ2n) is 4.13. The predicted molar refractivity (Wildman–Crippen MR) is 69.5 cm³/mol. The number of hydrogen-bond donors (Lipinski definition) is 0. The van der Waals surface area contributed by atoms with Gasteiger partial charge in [-0.2, -0.15) is 4.99 Å². The average Bonchev–Trinajstić information content (AvgIpc) is 2.93. The molecule has 3 rings (SSSR count). The van der Waals surface area contributed by atoms with Crippen LogP contribution in [0.4, 0.5) is 0 Å². The molecule has 0 bridgehead atoms. The Labute approximate surface area is 107 Å². The van der Waals surface area contributed by atoms with Gasteiger partial charge in [0.1, 0.15) is 0 Å². The molecule has 1 aliphatic carbocycles. The van der Waals surface area contributed by atoms with Crippen LogP contribution in [0, 0.1) is 0 Å². The number of carbonyl (C=O) groups excluding carboxylic acids is 1. The first-order valence-electron chi connectivity index (χ1n) is 5.55. The number of thiazole rings is 1. The molecule has 0 unspecified atom stereocenters. The summed E-state index contributed by atoms with van der Waals surface area (Å²) in [6.45, 7) is 0. The number of amides is 1. The van der Waals surface area contributed by atoms with Crippen molar-refractivity contribution in [2.75, 3.05) is 0 Å². The summed E-state index contributed by atoms with van der Waals surface area (Å²) >= 11 is 3.09. The molecule has 1 amide bonds. The van der Waals surface area contributed by atoms with Gasteiger partial charge in [0.25, 0.3) is 5.91 Å². The number of fused-ring (bicyclic) bond motifs is 1. The van der Waals surface area contributed by atoms with E-state index in [4.69, 9.17) is 0 Å². The van der Waals surface area contributed by atoms with Crippen molar-refractivity contribution in [2.24, 2.45) is 12.0 Å². The van der Waals surface area contributed by atoms with E-state index >= 15 is 0 Å². The van der Waals surface area contributed by atoms with Crippen molar-refractivity contribution >= 4 is 28.6 Å². The fourth-order valence-electron chi connectivity index (χ4n) is 2.01. The molecule has 1 aliphatic rings. The van der Waals surface area contributed by atoms with Gasteiger partial charge in [0.15, 0.2) is 4.80 Å². The molecule has 88 valence electrons. The highest BCUT2D eigenvalue weighted by atomic mass is 32.1. The second-order valence-corrected chi connectivity index (χ2v) is 6.14. The molecule has 0 aliphatic heterocycles. The Balaban J connectivity index is 1.95. The summed E-state index contributed by atoms with van der Waals surface area (Å²) < 4.78 is 1.86. The number of thiophene rings is 1. The highest BCUT2D eigenvalue weighted by molar-refractivity contribution is 7.14. The van der Waals surface area contributed by atoms with E-state index in [1.165, 1.54) is 28.2 Å². The lowest BCUT2D eigenvalue weighted by atomic mass is 10.2. The predicted octanol–water partition coefficient (Wildman–Crippen LogP) is 2.38. The number of aryl methyl sites for hydroxylation is 3. The Morgan fingerprint density at radius 1 is 1.47 bits per heavy atom. The Morgan fingerprint density at radius 2 is 2.35 bits per heavy atom. The molecule has 2 aromatic heterocycles. The number of aromatic nitrogens is 1. The number of hydrogen-bond acceptors (Lipinski definition) is 3. The minimum absolute atomic E-state index is 0.109. The lowest BCUT2D eigenvalue weighted by Gasteiger charge is -1.90. The van der Waals surface area contributed by atoms with Gasteiger partial charge in [0, 0.05) is 23.5 Å². The standard InChI is InChI=1S/C12H12N2OS2/c1-14-5-6-16-12(14)13-11(15)10-7-8-3-2-4-9(8)17-10/h5-7H,2-4H2,1H3. The molecule has 0 aromatic carbocycles. The van der Waals surface area contributed by atoms with Crippen LogP contribution in [-0.4, -0.2) is 10.5 Å². The molecule has 0 spiro atoms. The maximum absolute atomic E-state index is 12.0. The minimum atomic E-state index is -0.109. The monoisotopic (exact) mass is 264 g/mol. The first kappa shape index (κ1) is 10.9. The molecular weight excluding hydrogens is 252 g/mol. The zero-order valence-corrected chi connectivity index (χ0v) is 11.1. The van der Waals surface area contributed by atoms with Gasteiger partial charge in [-0.15, -0.1) is 22.7 Å². The van der Waals surface area contributed by atoms with Crippen LogP contribution >= 0.6 is 22.7 Å². The van der Waals surface area contributed by atoms with Gasteiger partial charge in [-0.05, 0) is 30.9 Å². The molecule has 0 saturated carbocycles. The highest BCUT2D eigenvalue weighted by Crippen LogP contribution is 2.30. The van der Waals surface area contributed by atoms with E-state index in [1.807, 2.05) is 29.3 Å². The Hall–Kier alpha value is -1.20. The van der Waals surface area contributed by atoms with E-state index in [0.717, 1.165) is 22.5 Å². The van der Waals surface area contributed by atoms with E-state index in [9.17, 15) is 4.79 Å². The molecule has 3 nitrogen and oxygen atoms in total. The summed E-state index contributed by atoms with van der Waals surface area (Å²) in [6.07, 6.45) is 5.38. The summed E-state index contributed by atoms with van der Waals surface area (Å²) in [6, 6.07) is 2.02. The molecular formula is C12H12N2OS2. The van der Waals surface area contributed by atoms with Crippen molar-refractivity contribution < 1.29 is 4.79 Å². The number of carbonyl (C=O) groups is 1. The van der Waals surface area contributed by atoms with Gasteiger partial charge in [0.2, 0.25) is 0 Å². The van der Waals surface area contributed by atoms with Crippen LogP contribution < -0.4 is 4.80 Å². The summed E-state index contributed by atoms with van der Waals surface area (Å²) in [5, 5.41) is 1.93. The fraction of sp³-hybridized carbons (Fsp3) is 0.333. The van der Waals surface area contributed by atoms with Gasteiger partial charge >= 0.3 is 0 Å². The van der Waals surface area contributed by atoms with Crippen molar-refractivity contribution in [3.05, 3.63) is 37.8 Å². The Kier molecular flexibility index (Phi) is 2.72. The van der Waals surface area contributed by atoms with E-state index in [1.54, 1.807) is 11.3 Å². The third-order valence-electron chi connectivity index (χ3n) is 2.91. The fourth-order valence-corrected chi connectivity index (χ4v) is 3.88. The molecule has 2 heterocycles. The average molecular weight is 264 g/mol. The van der Waals surface area contributed by atoms with Crippen molar-refractivity contribution in [3.8, 4) is 0 Å². The lowest BCUT2D eigenvalue weighted by molar-refractivity contribution is 0.100. The zero-order valence-electron chi connectivity index (χ0n) is 9.47. The van der Waals surface area contributed by atoms with Crippen LogP contribution in [-0.2, 0) is 19.9 Å². The Morgan fingerprint density at radius 3 is 3.06 bits per heavy atom.